The summed E-state index contributed by atoms with van der Waals surface area (Å²) in [6, 6.07) is 8.45. The molecule has 1 amide bonds. The summed E-state index contributed by atoms with van der Waals surface area (Å²) in [5.41, 5.74) is 2.43. The topological polar surface area (TPSA) is 38.8 Å². The minimum atomic E-state index is -0.250. The van der Waals surface area contributed by atoms with Crippen LogP contribution in [0.1, 0.15) is 43.9 Å². The van der Waals surface area contributed by atoms with E-state index in [1.165, 1.54) is 5.56 Å². The van der Waals surface area contributed by atoms with Gasteiger partial charge < -0.3 is 14.4 Å². The lowest BCUT2D eigenvalue weighted by Crippen LogP contribution is -2.42. The standard InChI is InChI=1S/C16H23NO3/c1-4-19-16(18)17-9-10-20-15(11-17)14-7-5-13(6-8-14)12(2)3/h5-8,12,15H,4,9-11H2,1-3H3. The van der Waals surface area contributed by atoms with Gasteiger partial charge in [0.2, 0.25) is 0 Å². The van der Waals surface area contributed by atoms with E-state index in [2.05, 4.69) is 38.1 Å². The number of benzene rings is 1. The molecular formula is C16H23NO3. The van der Waals surface area contributed by atoms with Crippen LogP contribution in [0.3, 0.4) is 0 Å². The Morgan fingerprint density at radius 3 is 2.70 bits per heavy atom. The second-order valence-corrected chi connectivity index (χ2v) is 5.33. The molecule has 0 saturated carbocycles. The molecule has 1 fully saturated rings. The first-order valence-corrected chi connectivity index (χ1v) is 7.25. The molecule has 1 saturated heterocycles. The molecule has 2 rings (SSSR count). The third-order valence-corrected chi connectivity index (χ3v) is 3.57. The Labute approximate surface area is 120 Å². The molecule has 1 aromatic carbocycles. The molecule has 0 aliphatic carbocycles. The highest BCUT2D eigenvalue weighted by molar-refractivity contribution is 5.67. The summed E-state index contributed by atoms with van der Waals surface area (Å²) >= 11 is 0. The summed E-state index contributed by atoms with van der Waals surface area (Å²) in [4.78, 5) is 13.5. The molecule has 1 aromatic rings. The van der Waals surface area contributed by atoms with Crippen molar-refractivity contribution < 1.29 is 14.3 Å². The van der Waals surface area contributed by atoms with Crippen molar-refractivity contribution in [2.45, 2.75) is 32.8 Å². The predicted molar refractivity (Wildman–Crippen MR) is 77.8 cm³/mol. The number of morpholine rings is 1. The maximum atomic E-state index is 11.8. The van der Waals surface area contributed by atoms with E-state index in [-0.39, 0.29) is 12.2 Å². The first kappa shape index (κ1) is 14.9. The Bertz CT molecular complexity index is 442. The van der Waals surface area contributed by atoms with Crippen LogP contribution in [0.2, 0.25) is 0 Å². The third-order valence-electron chi connectivity index (χ3n) is 3.57. The minimum Gasteiger partial charge on any atom is -0.450 e. The maximum absolute atomic E-state index is 11.8. The summed E-state index contributed by atoms with van der Waals surface area (Å²) in [7, 11) is 0. The minimum absolute atomic E-state index is 0.0608. The molecule has 1 aliphatic heterocycles. The second kappa shape index (κ2) is 6.75. The molecule has 1 atom stereocenters. The zero-order chi connectivity index (χ0) is 14.5. The molecule has 110 valence electrons. The van der Waals surface area contributed by atoms with E-state index >= 15 is 0 Å². The van der Waals surface area contributed by atoms with Gasteiger partial charge in [-0.25, -0.2) is 4.79 Å². The van der Waals surface area contributed by atoms with E-state index in [9.17, 15) is 4.79 Å². The van der Waals surface area contributed by atoms with Crippen LogP contribution < -0.4 is 0 Å². The fraction of sp³-hybridized carbons (Fsp3) is 0.562. The van der Waals surface area contributed by atoms with Crippen molar-refractivity contribution in [1.82, 2.24) is 4.90 Å². The molecule has 4 heteroatoms. The lowest BCUT2D eigenvalue weighted by Gasteiger charge is -2.32. The predicted octanol–water partition coefficient (Wildman–Crippen LogP) is 3.34. The zero-order valence-electron chi connectivity index (χ0n) is 12.5. The van der Waals surface area contributed by atoms with Crippen LogP contribution in [0.25, 0.3) is 0 Å². The van der Waals surface area contributed by atoms with Crippen LogP contribution in [-0.4, -0.2) is 37.3 Å². The Hall–Kier alpha value is -1.55. The molecule has 20 heavy (non-hydrogen) atoms. The van der Waals surface area contributed by atoms with Crippen LogP contribution in [0.5, 0.6) is 0 Å². The molecule has 1 unspecified atom stereocenters. The van der Waals surface area contributed by atoms with Gasteiger partial charge in [0.25, 0.3) is 0 Å². The monoisotopic (exact) mass is 277 g/mol. The van der Waals surface area contributed by atoms with Crippen molar-refractivity contribution in [1.29, 1.82) is 0 Å². The summed E-state index contributed by atoms with van der Waals surface area (Å²) in [5.74, 6) is 0.521. The Balaban J connectivity index is 2.03. The van der Waals surface area contributed by atoms with Gasteiger partial charge in [0.05, 0.1) is 19.8 Å². The number of ether oxygens (including phenoxy) is 2. The average Bonchev–Trinajstić information content (AvgIpc) is 2.48. The van der Waals surface area contributed by atoms with Gasteiger partial charge in [-0.05, 0) is 24.0 Å². The van der Waals surface area contributed by atoms with E-state index in [4.69, 9.17) is 9.47 Å². The van der Waals surface area contributed by atoms with Gasteiger partial charge in [-0.1, -0.05) is 38.1 Å². The summed E-state index contributed by atoms with van der Waals surface area (Å²) in [6.45, 7) is 8.28. The summed E-state index contributed by atoms with van der Waals surface area (Å²) in [5, 5.41) is 0. The van der Waals surface area contributed by atoms with Crippen LogP contribution in [-0.2, 0) is 9.47 Å². The lowest BCUT2D eigenvalue weighted by atomic mass is 9.99. The molecule has 0 bridgehead atoms. The van der Waals surface area contributed by atoms with Gasteiger partial charge in [0.15, 0.2) is 0 Å². The average molecular weight is 277 g/mol. The van der Waals surface area contributed by atoms with Crippen molar-refractivity contribution in [3.05, 3.63) is 35.4 Å². The first-order valence-electron chi connectivity index (χ1n) is 7.25. The largest absolute Gasteiger partial charge is 0.450 e. The zero-order valence-corrected chi connectivity index (χ0v) is 12.5. The van der Waals surface area contributed by atoms with E-state index in [0.29, 0.717) is 32.2 Å². The van der Waals surface area contributed by atoms with Crippen LogP contribution >= 0.6 is 0 Å². The highest BCUT2D eigenvalue weighted by atomic mass is 16.6. The Kier molecular flexibility index (Phi) is 5.01. The van der Waals surface area contributed by atoms with E-state index < -0.39 is 0 Å². The van der Waals surface area contributed by atoms with Crippen molar-refractivity contribution in [3.8, 4) is 0 Å². The Morgan fingerprint density at radius 2 is 2.10 bits per heavy atom. The molecule has 0 aromatic heterocycles. The summed E-state index contributed by atoms with van der Waals surface area (Å²) in [6.07, 6.45) is -0.311. The van der Waals surface area contributed by atoms with Crippen molar-refractivity contribution >= 4 is 6.09 Å². The van der Waals surface area contributed by atoms with Gasteiger partial charge in [-0.15, -0.1) is 0 Å². The van der Waals surface area contributed by atoms with Crippen LogP contribution in [0, 0.1) is 0 Å². The summed E-state index contributed by atoms with van der Waals surface area (Å²) < 4.78 is 10.8. The highest BCUT2D eigenvalue weighted by Gasteiger charge is 2.26. The number of carbonyl (C=O) groups is 1. The number of rotatable bonds is 3. The SMILES string of the molecule is CCOC(=O)N1CCOC(c2ccc(C(C)C)cc2)C1. The van der Waals surface area contributed by atoms with Gasteiger partial charge >= 0.3 is 6.09 Å². The number of hydrogen-bond donors (Lipinski definition) is 0. The highest BCUT2D eigenvalue weighted by Crippen LogP contribution is 2.24. The second-order valence-electron chi connectivity index (χ2n) is 5.33. The first-order chi connectivity index (χ1) is 9.61. The van der Waals surface area contributed by atoms with Gasteiger partial charge in [0, 0.05) is 6.54 Å². The van der Waals surface area contributed by atoms with E-state index in [0.717, 1.165) is 5.56 Å². The normalized spacial score (nSPS) is 19.2. The van der Waals surface area contributed by atoms with E-state index in [1.54, 1.807) is 4.90 Å². The maximum Gasteiger partial charge on any atom is 0.409 e. The van der Waals surface area contributed by atoms with Crippen molar-refractivity contribution in [3.63, 3.8) is 0 Å². The number of hydrogen-bond acceptors (Lipinski definition) is 3. The number of amides is 1. The molecule has 4 nitrogen and oxygen atoms in total. The molecule has 0 radical (unpaired) electrons. The Morgan fingerprint density at radius 1 is 1.40 bits per heavy atom. The smallest absolute Gasteiger partial charge is 0.409 e. The van der Waals surface area contributed by atoms with Crippen molar-refractivity contribution in [2.24, 2.45) is 0 Å². The fourth-order valence-electron chi connectivity index (χ4n) is 2.33. The van der Waals surface area contributed by atoms with Gasteiger partial charge in [0.1, 0.15) is 6.10 Å². The lowest BCUT2D eigenvalue weighted by molar-refractivity contribution is -0.0279. The van der Waals surface area contributed by atoms with Crippen LogP contribution in [0.4, 0.5) is 4.79 Å². The molecule has 0 N–H and O–H groups in total. The van der Waals surface area contributed by atoms with E-state index in [1.807, 2.05) is 6.92 Å². The molecular weight excluding hydrogens is 254 g/mol. The third kappa shape index (κ3) is 3.51. The van der Waals surface area contributed by atoms with Crippen molar-refractivity contribution in [2.75, 3.05) is 26.3 Å². The quantitative estimate of drug-likeness (QED) is 0.850. The number of nitrogens with zero attached hydrogens (tertiary/aromatic N) is 1. The van der Waals surface area contributed by atoms with Crippen LogP contribution in [0.15, 0.2) is 24.3 Å². The van der Waals surface area contributed by atoms with Gasteiger partial charge in [-0.3, -0.25) is 0 Å². The number of carbonyl (C=O) groups excluding carboxylic acids is 1. The fourth-order valence-corrected chi connectivity index (χ4v) is 2.33. The molecule has 1 heterocycles. The molecule has 0 spiro atoms. The van der Waals surface area contributed by atoms with Gasteiger partial charge in [-0.2, -0.15) is 0 Å². The molecule has 1 aliphatic rings.